The first kappa shape index (κ1) is 12.5. The highest BCUT2D eigenvalue weighted by atomic mass is 15.2. The van der Waals surface area contributed by atoms with Crippen LogP contribution >= 0.6 is 0 Å². The molecule has 3 heteroatoms. The minimum atomic E-state index is 0.690. The zero-order valence-electron chi connectivity index (χ0n) is 10.9. The van der Waals surface area contributed by atoms with Gasteiger partial charge in [0.2, 0.25) is 0 Å². The van der Waals surface area contributed by atoms with E-state index in [0.29, 0.717) is 6.04 Å². The van der Waals surface area contributed by atoms with E-state index in [9.17, 15) is 0 Å². The first-order valence-corrected chi connectivity index (χ1v) is 6.60. The number of likely N-dealkylation sites (tertiary alicyclic amines) is 1. The minimum Gasteiger partial charge on any atom is -0.318 e. The first-order chi connectivity index (χ1) is 8.29. The van der Waals surface area contributed by atoms with Gasteiger partial charge in [0, 0.05) is 31.0 Å². The maximum Gasteiger partial charge on any atom is 0.0372 e. The summed E-state index contributed by atoms with van der Waals surface area (Å²) in [5.74, 6) is 0. The molecule has 1 atom stereocenters. The SMILES string of the molecule is CNCC1CCCCN1Cc1ccc(C)nc1. The largest absolute Gasteiger partial charge is 0.318 e. The molecule has 2 heterocycles. The molecule has 1 fully saturated rings. The summed E-state index contributed by atoms with van der Waals surface area (Å²) in [4.78, 5) is 6.96. The van der Waals surface area contributed by atoms with E-state index in [1.165, 1.54) is 31.4 Å². The monoisotopic (exact) mass is 233 g/mol. The molecule has 17 heavy (non-hydrogen) atoms. The first-order valence-electron chi connectivity index (χ1n) is 6.60. The van der Waals surface area contributed by atoms with Gasteiger partial charge in [-0.15, -0.1) is 0 Å². The predicted molar refractivity (Wildman–Crippen MR) is 70.9 cm³/mol. The predicted octanol–water partition coefficient (Wildman–Crippen LogP) is 1.96. The summed E-state index contributed by atoms with van der Waals surface area (Å²) in [6.45, 7) is 5.40. The molecule has 0 bridgehead atoms. The van der Waals surface area contributed by atoms with E-state index in [1.54, 1.807) is 0 Å². The Bertz CT molecular complexity index is 332. The summed E-state index contributed by atoms with van der Waals surface area (Å²) >= 11 is 0. The van der Waals surface area contributed by atoms with E-state index in [4.69, 9.17) is 0 Å². The molecule has 0 amide bonds. The van der Waals surface area contributed by atoms with Crippen LogP contribution in [0.25, 0.3) is 0 Å². The molecule has 94 valence electrons. The zero-order valence-corrected chi connectivity index (χ0v) is 10.9. The Kier molecular flexibility index (Phi) is 4.51. The van der Waals surface area contributed by atoms with Crippen LogP contribution in [0.4, 0.5) is 0 Å². The fraction of sp³-hybridized carbons (Fsp3) is 0.643. The van der Waals surface area contributed by atoms with Gasteiger partial charge in [-0.25, -0.2) is 0 Å². The van der Waals surface area contributed by atoms with Crippen LogP contribution in [0, 0.1) is 6.92 Å². The molecule has 3 nitrogen and oxygen atoms in total. The van der Waals surface area contributed by atoms with Gasteiger partial charge < -0.3 is 5.32 Å². The Morgan fingerprint density at radius 2 is 2.29 bits per heavy atom. The van der Waals surface area contributed by atoms with Gasteiger partial charge in [0.05, 0.1) is 0 Å². The third-order valence-electron chi connectivity index (χ3n) is 3.55. The molecular formula is C14H23N3. The maximum absolute atomic E-state index is 4.37. The number of pyridine rings is 1. The Hall–Kier alpha value is -0.930. The Morgan fingerprint density at radius 3 is 3.00 bits per heavy atom. The quantitative estimate of drug-likeness (QED) is 0.861. The van der Waals surface area contributed by atoms with Crippen molar-refractivity contribution in [2.45, 2.75) is 38.8 Å². The number of hydrogen-bond acceptors (Lipinski definition) is 3. The second-order valence-electron chi connectivity index (χ2n) is 4.99. The summed E-state index contributed by atoms with van der Waals surface area (Å²) < 4.78 is 0. The van der Waals surface area contributed by atoms with Crippen LogP contribution in [-0.2, 0) is 6.54 Å². The van der Waals surface area contributed by atoms with Crippen molar-refractivity contribution < 1.29 is 0 Å². The molecule has 1 unspecified atom stereocenters. The highest BCUT2D eigenvalue weighted by molar-refractivity contribution is 5.13. The van der Waals surface area contributed by atoms with Crippen molar-refractivity contribution in [1.82, 2.24) is 15.2 Å². The van der Waals surface area contributed by atoms with Crippen molar-refractivity contribution in [2.75, 3.05) is 20.1 Å². The number of nitrogens with one attached hydrogen (secondary N) is 1. The Labute approximate surface area is 104 Å². The molecule has 1 N–H and O–H groups in total. The molecule has 0 aromatic carbocycles. The van der Waals surface area contributed by atoms with Crippen molar-refractivity contribution in [3.63, 3.8) is 0 Å². The van der Waals surface area contributed by atoms with E-state index in [-0.39, 0.29) is 0 Å². The third kappa shape index (κ3) is 3.51. The van der Waals surface area contributed by atoms with Gasteiger partial charge in [0.25, 0.3) is 0 Å². The highest BCUT2D eigenvalue weighted by Gasteiger charge is 2.21. The molecule has 1 aromatic heterocycles. The van der Waals surface area contributed by atoms with Crippen LogP contribution < -0.4 is 5.32 Å². The van der Waals surface area contributed by atoms with Crippen molar-refractivity contribution in [1.29, 1.82) is 0 Å². The van der Waals surface area contributed by atoms with Crippen LogP contribution in [0.5, 0.6) is 0 Å². The van der Waals surface area contributed by atoms with Crippen LogP contribution in [-0.4, -0.2) is 36.1 Å². The van der Waals surface area contributed by atoms with Crippen molar-refractivity contribution in [2.24, 2.45) is 0 Å². The standard InChI is InChI=1S/C14H23N3/c1-12-6-7-13(9-16-12)11-17-8-4-3-5-14(17)10-15-2/h6-7,9,14-15H,3-5,8,10-11H2,1-2H3. The number of hydrogen-bond donors (Lipinski definition) is 1. The number of piperidine rings is 1. The summed E-state index contributed by atoms with van der Waals surface area (Å²) in [5.41, 5.74) is 2.43. The molecule has 0 radical (unpaired) electrons. The lowest BCUT2D eigenvalue weighted by molar-refractivity contribution is 0.139. The normalized spacial score (nSPS) is 21.6. The zero-order chi connectivity index (χ0) is 12.1. The van der Waals surface area contributed by atoms with E-state index in [0.717, 1.165) is 18.8 Å². The average molecular weight is 233 g/mol. The fourth-order valence-corrected chi connectivity index (χ4v) is 2.56. The second kappa shape index (κ2) is 6.12. The number of aryl methyl sites for hydroxylation is 1. The fourth-order valence-electron chi connectivity index (χ4n) is 2.56. The molecule has 0 saturated carbocycles. The highest BCUT2D eigenvalue weighted by Crippen LogP contribution is 2.18. The van der Waals surface area contributed by atoms with Gasteiger partial charge in [0.15, 0.2) is 0 Å². The molecule has 1 aromatic rings. The molecule has 2 rings (SSSR count). The van der Waals surface area contributed by atoms with Gasteiger partial charge in [-0.3, -0.25) is 9.88 Å². The van der Waals surface area contributed by atoms with Crippen LogP contribution in [0.15, 0.2) is 18.3 Å². The van der Waals surface area contributed by atoms with Crippen LogP contribution in [0.1, 0.15) is 30.5 Å². The van der Waals surface area contributed by atoms with Gasteiger partial charge in [-0.05, 0) is 45.0 Å². The number of nitrogens with zero attached hydrogens (tertiary/aromatic N) is 2. The molecule has 0 aliphatic carbocycles. The lowest BCUT2D eigenvalue weighted by atomic mass is 10.0. The van der Waals surface area contributed by atoms with Gasteiger partial charge in [-0.2, -0.15) is 0 Å². The summed E-state index contributed by atoms with van der Waals surface area (Å²) in [6, 6.07) is 5.00. The second-order valence-corrected chi connectivity index (χ2v) is 4.99. The van der Waals surface area contributed by atoms with Gasteiger partial charge >= 0.3 is 0 Å². The van der Waals surface area contributed by atoms with E-state index < -0.39 is 0 Å². The van der Waals surface area contributed by atoms with E-state index >= 15 is 0 Å². The topological polar surface area (TPSA) is 28.2 Å². The van der Waals surface area contributed by atoms with Crippen LogP contribution in [0.3, 0.4) is 0 Å². The average Bonchev–Trinajstić information content (AvgIpc) is 2.35. The van der Waals surface area contributed by atoms with E-state index in [2.05, 4.69) is 27.3 Å². The van der Waals surface area contributed by atoms with Crippen molar-refractivity contribution >= 4 is 0 Å². The molecule has 1 aliphatic rings. The molecule has 1 aliphatic heterocycles. The van der Waals surface area contributed by atoms with Crippen molar-refractivity contribution in [3.8, 4) is 0 Å². The Balaban J connectivity index is 1.97. The van der Waals surface area contributed by atoms with Crippen molar-refractivity contribution in [3.05, 3.63) is 29.6 Å². The Morgan fingerprint density at radius 1 is 1.41 bits per heavy atom. The number of rotatable bonds is 4. The lowest BCUT2D eigenvalue weighted by Crippen LogP contribution is -2.44. The summed E-state index contributed by atoms with van der Waals surface area (Å²) in [6.07, 6.45) is 6.04. The summed E-state index contributed by atoms with van der Waals surface area (Å²) in [7, 11) is 2.04. The summed E-state index contributed by atoms with van der Waals surface area (Å²) in [5, 5.41) is 3.31. The molecule has 1 saturated heterocycles. The maximum atomic E-state index is 4.37. The van der Waals surface area contributed by atoms with Gasteiger partial charge in [-0.1, -0.05) is 12.5 Å². The third-order valence-corrected chi connectivity index (χ3v) is 3.55. The van der Waals surface area contributed by atoms with Gasteiger partial charge in [0.1, 0.15) is 0 Å². The number of aromatic nitrogens is 1. The number of likely N-dealkylation sites (N-methyl/N-ethyl adjacent to an activating group) is 1. The smallest absolute Gasteiger partial charge is 0.0372 e. The van der Waals surface area contributed by atoms with Crippen LogP contribution in [0.2, 0.25) is 0 Å². The molecule has 0 spiro atoms. The lowest BCUT2D eigenvalue weighted by Gasteiger charge is -2.35. The minimum absolute atomic E-state index is 0.690. The van der Waals surface area contributed by atoms with E-state index in [1.807, 2.05) is 20.2 Å². The molecular weight excluding hydrogens is 210 g/mol.